The third kappa shape index (κ3) is 4.28. The monoisotopic (exact) mass is 440 g/mol. The molecule has 166 valence electrons. The quantitative estimate of drug-likeness (QED) is 0.510. The molecule has 5 rings (SSSR count). The Labute approximate surface area is 191 Å². The second kappa shape index (κ2) is 8.96. The predicted octanol–water partition coefficient (Wildman–Crippen LogP) is 3.45. The maximum Gasteiger partial charge on any atom is 0.227 e. The van der Waals surface area contributed by atoms with Gasteiger partial charge in [-0.3, -0.25) is 14.8 Å². The molecule has 0 spiro atoms. The van der Waals surface area contributed by atoms with Gasteiger partial charge in [0.2, 0.25) is 5.91 Å². The van der Waals surface area contributed by atoms with Crippen LogP contribution >= 0.6 is 0 Å². The molecule has 1 aliphatic heterocycles. The number of fused-ring (bicyclic) bond motifs is 3. The Kier molecular flexibility index (Phi) is 5.71. The molecule has 1 aromatic carbocycles. The zero-order chi connectivity index (χ0) is 22.8. The molecule has 0 saturated carbocycles. The minimum absolute atomic E-state index is 0.118. The molecular weight excluding hydrogens is 416 g/mol. The highest BCUT2D eigenvalue weighted by Gasteiger charge is 2.27. The molecule has 0 aliphatic carbocycles. The van der Waals surface area contributed by atoms with Gasteiger partial charge in [0.05, 0.1) is 53.6 Å². The van der Waals surface area contributed by atoms with Crippen molar-refractivity contribution in [2.75, 3.05) is 6.61 Å². The highest BCUT2D eigenvalue weighted by molar-refractivity contribution is 6.03. The third-order valence-electron chi connectivity index (χ3n) is 6.05. The van der Waals surface area contributed by atoms with E-state index in [2.05, 4.69) is 32.8 Å². The van der Waals surface area contributed by atoms with Gasteiger partial charge >= 0.3 is 0 Å². The van der Waals surface area contributed by atoms with Gasteiger partial charge in [-0.05, 0) is 50.1 Å². The Hall–Kier alpha value is -3.83. The minimum atomic E-state index is -0.118. The number of aromatic nitrogens is 4. The van der Waals surface area contributed by atoms with Crippen molar-refractivity contribution in [1.82, 2.24) is 24.8 Å². The summed E-state index contributed by atoms with van der Waals surface area (Å²) >= 11 is 0. The Morgan fingerprint density at radius 2 is 2.18 bits per heavy atom. The highest BCUT2D eigenvalue weighted by Crippen LogP contribution is 2.34. The van der Waals surface area contributed by atoms with Crippen LogP contribution < -0.4 is 5.32 Å². The number of rotatable bonds is 5. The lowest BCUT2D eigenvalue weighted by atomic mass is 10.0. The molecule has 0 radical (unpaired) electrons. The van der Waals surface area contributed by atoms with Crippen LogP contribution in [-0.2, 0) is 22.5 Å². The maximum atomic E-state index is 12.9. The smallest absolute Gasteiger partial charge is 0.227 e. The van der Waals surface area contributed by atoms with Gasteiger partial charge in [0.1, 0.15) is 11.3 Å². The topological polar surface area (TPSA) is 106 Å². The number of hydrogen-bond donors (Lipinski definition) is 1. The van der Waals surface area contributed by atoms with Gasteiger partial charge in [-0.25, -0.2) is 4.98 Å². The maximum absolute atomic E-state index is 12.9. The lowest BCUT2D eigenvalue weighted by Crippen LogP contribution is -2.29. The fourth-order valence-electron chi connectivity index (χ4n) is 4.52. The second-order valence-electron chi connectivity index (χ2n) is 8.37. The minimum Gasteiger partial charge on any atom is -0.378 e. The van der Waals surface area contributed by atoms with E-state index in [-0.39, 0.29) is 24.5 Å². The van der Waals surface area contributed by atoms with Crippen LogP contribution in [0, 0.1) is 11.3 Å². The Morgan fingerprint density at radius 3 is 2.97 bits per heavy atom. The SMILES string of the molecule is C[C@@H]1C[C@H](n2c(CC(=O)NCc3ccccn3)nc3cnc4ccc(C#N)cc4c32)CCO1. The van der Waals surface area contributed by atoms with E-state index in [1.165, 1.54) is 0 Å². The fourth-order valence-corrected chi connectivity index (χ4v) is 4.52. The average molecular weight is 441 g/mol. The summed E-state index contributed by atoms with van der Waals surface area (Å²) in [4.78, 5) is 26.5. The number of benzene rings is 1. The Bertz CT molecular complexity index is 1360. The van der Waals surface area contributed by atoms with Crippen molar-refractivity contribution in [3.8, 4) is 6.07 Å². The molecule has 8 heteroatoms. The highest BCUT2D eigenvalue weighted by atomic mass is 16.5. The molecule has 0 unspecified atom stereocenters. The summed E-state index contributed by atoms with van der Waals surface area (Å²) in [5.41, 5.74) is 3.82. The van der Waals surface area contributed by atoms with Crippen molar-refractivity contribution in [3.05, 3.63) is 65.9 Å². The van der Waals surface area contributed by atoms with Crippen molar-refractivity contribution in [1.29, 1.82) is 5.26 Å². The van der Waals surface area contributed by atoms with Gasteiger partial charge in [-0.15, -0.1) is 0 Å². The number of carbonyl (C=O) groups is 1. The Balaban J connectivity index is 1.55. The molecule has 2 atom stereocenters. The van der Waals surface area contributed by atoms with Gasteiger partial charge in [0, 0.05) is 24.2 Å². The average Bonchev–Trinajstić information content (AvgIpc) is 3.21. The number of ether oxygens (including phenoxy) is 1. The summed E-state index contributed by atoms with van der Waals surface area (Å²) in [7, 11) is 0. The van der Waals surface area contributed by atoms with E-state index in [4.69, 9.17) is 9.72 Å². The van der Waals surface area contributed by atoms with Crippen LogP contribution in [0.3, 0.4) is 0 Å². The number of imidazole rings is 1. The van der Waals surface area contributed by atoms with Crippen LogP contribution in [-0.4, -0.2) is 38.1 Å². The summed E-state index contributed by atoms with van der Waals surface area (Å²) in [6.07, 6.45) is 5.39. The number of nitrogens with one attached hydrogen (secondary N) is 1. The molecule has 4 aromatic rings. The molecule has 3 aromatic heterocycles. The molecule has 1 N–H and O–H groups in total. The fraction of sp³-hybridized carbons (Fsp3) is 0.320. The first-order valence-corrected chi connectivity index (χ1v) is 11.1. The molecule has 1 saturated heterocycles. The van der Waals surface area contributed by atoms with Crippen molar-refractivity contribution in [3.63, 3.8) is 0 Å². The van der Waals surface area contributed by atoms with Gasteiger partial charge < -0.3 is 14.6 Å². The van der Waals surface area contributed by atoms with E-state index in [1.54, 1.807) is 18.5 Å². The molecular formula is C25H24N6O2. The van der Waals surface area contributed by atoms with Crippen LogP contribution in [0.2, 0.25) is 0 Å². The van der Waals surface area contributed by atoms with E-state index in [0.717, 1.165) is 40.5 Å². The predicted molar refractivity (Wildman–Crippen MR) is 123 cm³/mol. The van der Waals surface area contributed by atoms with E-state index in [0.29, 0.717) is 24.5 Å². The molecule has 33 heavy (non-hydrogen) atoms. The van der Waals surface area contributed by atoms with E-state index >= 15 is 0 Å². The van der Waals surface area contributed by atoms with Crippen molar-refractivity contribution in [2.24, 2.45) is 0 Å². The zero-order valence-corrected chi connectivity index (χ0v) is 18.4. The first kappa shape index (κ1) is 21.0. The lowest BCUT2D eigenvalue weighted by Gasteiger charge is -2.30. The van der Waals surface area contributed by atoms with Crippen LogP contribution in [0.25, 0.3) is 21.9 Å². The van der Waals surface area contributed by atoms with Crippen LogP contribution in [0.4, 0.5) is 0 Å². The largest absolute Gasteiger partial charge is 0.378 e. The first-order valence-electron chi connectivity index (χ1n) is 11.1. The molecule has 0 bridgehead atoms. The van der Waals surface area contributed by atoms with Gasteiger partial charge in [-0.1, -0.05) is 6.07 Å². The van der Waals surface area contributed by atoms with Gasteiger partial charge in [-0.2, -0.15) is 5.26 Å². The summed E-state index contributed by atoms with van der Waals surface area (Å²) < 4.78 is 7.96. The van der Waals surface area contributed by atoms with Crippen molar-refractivity contribution in [2.45, 2.75) is 44.9 Å². The van der Waals surface area contributed by atoms with Crippen molar-refractivity contribution < 1.29 is 9.53 Å². The third-order valence-corrected chi connectivity index (χ3v) is 6.05. The molecule has 1 amide bonds. The van der Waals surface area contributed by atoms with Crippen LogP contribution in [0.1, 0.15) is 42.9 Å². The number of pyridine rings is 2. The second-order valence-corrected chi connectivity index (χ2v) is 8.37. The number of amides is 1. The number of nitrogens with zero attached hydrogens (tertiary/aromatic N) is 5. The first-order chi connectivity index (χ1) is 16.1. The molecule has 4 heterocycles. The molecule has 8 nitrogen and oxygen atoms in total. The van der Waals surface area contributed by atoms with E-state index in [9.17, 15) is 10.1 Å². The normalized spacial score (nSPS) is 18.3. The summed E-state index contributed by atoms with van der Waals surface area (Å²) in [6.45, 7) is 3.09. The standard InChI is InChI=1S/C25H24N6O2/c1-16-10-19(7-9-33-16)31-23(12-24(32)29-14-18-4-2-3-8-27-18)30-22-15-28-21-6-5-17(13-26)11-20(21)25(22)31/h2-6,8,11,15-16,19H,7,9-10,12,14H2,1H3,(H,29,32)/t16-,19-/m1/s1. The zero-order valence-electron chi connectivity index (χ0n) is 18.4. The molecule has 1 aliphatic rings. The number of nitriles is 1. The molecule has 1 fully saturated rings. The Morgan fingerprint density at radius 1 is 1.27 bits per heavy atom. The van der Waals surface area contributed by atoms with Crippen LogP contribution in [0.5, 0.6) is 0 Å². The number of carbonyl (C=O) groups excluding carboxylic acids is 1. The van der Waals surface area contributed by atoms with Crippen molar-refractivity contribution >= 4 is 27.8 Å². The lowest BCUT2D eigenvalue weighted by molar-refractivity contribution is -0.120. The van der Waals surface area contributed by atoms with E-state index < -0.39 is 0 Å². The van der Waals surface area contributed by atoms with E-state index in [1.807, 2.05) is 30.3 Å². The summed E-state index contributed by atoms with van der Waals surface area (Å²) in [6, 6.07) is 13.5. The van der Waals surface area contributed by atoms with Gasteiger partial charge in [0.25, 0.3) is 0 Å². The summed E-state index contributed by atoms with van der Waals surface area (Å²) in [5, 5.41) is 13.3. The summed E-state index contributed by atoms with van der Waals surface area (Å²) in [5.74, 6) is 0.576. The van der Waals surface area contributed by atoms with Gasteiger partial charge in [0.15, 0.2) is 0 Å². The number of hydrogen-bond acceptors (Lipinski definition) is 6. The van der Waals surface area contributed by atoms with Crippen LogP contribution in [0.15, 0.2) is 48.8 Å².